The van der Waals surface area contributed by atoms with Crippen LogP contribution in [0.25, 0.3) is 0 Å². The Bertz CT molecular complexity index is 480. The molecule has 0 radical (unpaired) electrons. The zero-order valence-electron chi connectivity index (χ0n) is 14.4. The van der Waals surface area contributed by atoms with Crippen LogP contribution in [0.3, 0.4) is 0 Å². The Balaban J connectivity index is 2.64. The average Bonchev–Trinajstić information content (AvgIpc) is 2.46. The van der Waals surface area contributed by atoms with Crippen LogP contribution in [0.1, 0.15) is 34.1 Å². The molecule has 1 heterocycles. The molecule has 0 aromatic heterocycles. The molecule has 8 N–H and O–H groups in total. The van der Waals surface area contributed by atoms with Crippen LogP contribution in [-0.4, -0.2) is 73.5 Å². The van der Waals surface area contributed by atoms with Crippen molar-refractivity contribution in [3.8, 4) is 0 Å². The monoisotopic (exact) mass is 347 g/mol. The van der Waals surface area contributed by atoms with Crippen molar-refractivity contribution in [1.82, 2.24) is 16.2 Å². The van der Waals surface area contributed by atoms with Crippen molar-refractivity contribution in [2.24, 2.45) is 0 Å². The number of carbonyl (C=O) groups excluding carboxylic acids is 1. The molecule has 0 bridgehead atoms. The number of rotatable bonds is 7. The lowest BCUT2D eigenvalue weighted by Gasteiger charge is -2.41. The summed E-state index contributed by atoms with van der Waals surface area (Å²) in [6, 6.07) is 0. The lowest BCUT2D eigenvalue weighted by Crippen LogP contribution is -2.57. The SMILES string of the molecule is CC1(C)C=C(NNC(=O)[C@H](O)[C@@H](O)[C@H](O)[C@H](O)CO)CC(C)(C)N1. The van der Waals surface area contributed by atoms with Gasteiger partial charge in [0.15, 0.2) is 6.10 Å². The fourth-order valence-corrected chi connectivity index (χ4v) is 2.89. The molecule has 9 nitrogen and oxygen atoms in total. The summed E-state index contributed by atoms with van der Waals surface area (Å²) >= 11 is 0. The zero-order valence-corrected chi connectivity index (χ0v) is 14.4. The molecular weight excluding hydrogens is 318 g/mol. The minimum Gasteiger partial charge on any atom is -0.394 e. The number of amides is 1. The Morgan fingerprint density at radius 3 is 2.29 bits per heavy atom. The van der Waals surface area contributed by atoms with Crippen LogP contribution in [0, 0.1) is 0 Å². The fraction of sp³-hybridized carbons (Fsp3) is 0.800. The van der Waals surface area contributed by atoms with Crippen molar-refractivity contribution < 1.29 is 30.3 Å². The predicted octanol–water partition coefficient (Wildman–Crippen LogP) is -2.52. The number of hydrazine groups is 1. The van der Waals surface area contributed by atoms with Crippen LogP contribution >= 0.6 is 0 Å². The normalized spacial score (nSPS) is 24.3. The van der Waals surface area contributed by atoms with Gasteiger partial charge in [-0.15, -0.1) is 0 Å². The first-order valence-electron chi connectivity index (χ1n) is 7.78. The van der Waals surface area contributed by atoms with Gasteiger partial charge < -0.3 is 36.3 Å². The minimum absolute atomic E-state index is 0.204. The molecule has 1 amide bonds. The van der Waals surface area contributed by atoms with E-state index in [4.69, 9.17) is 5.11 Å². The van der Waals surface area contributed by atoms with Crippen LogP contribution in [-0.2, 0) is 4.79 Å². The van der Waals surface area contributed by atoms with Gasteiger partial charge in [-0.2, -0.15) is 0 Å². The molecule has 0 aromatic carbocycles. The summed E-state index contributed by atoms with van der Waals surface area (Å²) in [6.07, 6.45) is -4.94. The average molecular weight is 347 g/mol. The standard InChI is InChI=1S/C15H29N3O6/c1-14(2)5-8(6-15(3,4)18-14)16-17-13(24)12(23)11(22)10(21)9(20)7-19/h5,9-12,16,18-23H,6-7H2,1-4H3,(H,17,24)/t9-,10-,11+,12-/m1/s1. The molecule has 0 spiro atoms. The molecule has 0 saturated heterocycles. The second-order valence-corrected chi connectivity index (χ2v) is 7.37. The van der Waals surface area contributed by atoms with Gasteiger partial charge in [-0.05, 0) is 33.8 Å². The lowest BCUT2D eigenvalue weighted by molar-refractivity contribution is -0.149. The van der Waals surface area contributed by atoms with E-state index in [1.165, 1.54) is 0 Å². The van der Waals surface area contributed by atoms with Crippen molar-refractivity contribution in [3.63, 3.8) is 0 Å². The summed E-state index contributed by atoms with van der Waals surface area (Å²) in [5, 5.41) is 50.3. The van der Waals surface area contributed by atoms with Gasteiger partial charge in [0.1, 0.15) is 18.3 Å². The van der Waals surface area contributed by atoms with Crippen molar-refractivity contribution in [1.29, 1.82) is 0 Å². The number of aliphatic hydroxyl groups is 5. The number of aliphatic hydroxyl groups excluding tert-OH is 5. The third-order valence-electron chi connectivity index (χ3n) is 3.70. The molecule has 1 rings (SSSR count). The largest absolute Gasteiger partial charge is 0.394 e. The van der Waals surface area contributed by atoms with E-state index in [0.29, 0.717) is 6.42 Å². The van der Waals surface area contributed by atoms with Gasteiger partial charge in [0.2, 0.25) is 0 Å². The first-order valence-corrected chi connectivity index (χ1v) is 7.78. The Morgan fingerprint density at radius 1 is 1.21 bits per heavy atom. The summed E-state index contributed by atoms with van der Waals surface area (Å²) in [5.74, 6) is -0.971. The summed E-state index contributed by atoms with van der Waals surface area (Å²) in [6.45, 7) is 7.16. The fourth-order valence-electron chi connectivity index (χ4n) is 2.89. The highest BCUT2D eigenvalue weighted by atomic mass is 16.4. The molecule has 0 fully saturated rings. The second kappa shape index (κ2) is 7.77. The number of nitrogens with one attached hydrogen (secondary N) is 3. The van der Waals surface area contributed by atoms with E-state index in [1.807, 2.05) is 33.8 Å². The van der Waals surface area contributed by atoms with Crippen molar-refractivity contribution in [2.45, 2.75) is 69.6 Å². The smallest absolute Gasteiger partial charge is 0.269 e. The molecule has 0 aliphatic carbocycles. The van der Waals surface area contributed by atoms with Crippen LogP contribution < -0.4 is 16.2 Å². The molecule has 0 unspecified atom stereocenters. The number of hydrogen-bond acceptors (Lipinski definition) is 8. The number of hydrogen-bond donors (Lipinski definition) is 8. The van der Waals surface area contributed by atoms with E-state index in [9.17, 15) is 25.2 Å². The molecule has 24 heavy (non-hydrogen) atoms. The van der Waals surface area contributed by atoms with Gasteiger partial charge in [-0.3, -0.25) is 10.2 Å². The Kier molecular flexibility index (Phi) is 6.74. The van der Waals surface area contributed by atoms with E-state index in [1.54, 1.807) is 0 Å². The van der Waals surface area contributed by atoms with Gasteiger partial charge in [-0.1, -0.05) is 0 Å². The predicted molar refractivity (Wildman–Crippen MR) is 86.4 cm³/mol. The first-order chi connectivity index (χ1) is 10.9. The van der Waals surface area contributed by atoms with Crippen LogP contribution in [0.4, 0.5) is 0 Å². The van der Waals surface area contributed by atoms with E-state index >= 15 is 0 Å². The van der Waals surface area contributed by atoms with Crippen molar-refractivity contribution in [3.05, 3.63) is 11.8 Å². The molecular formula is C15H29N3O6. The van der Waals surface area contributed by atoms with Crippen LogP contribution in [0.15, 0.2) is 11.8 Å². The Morgan fingerprint density at radius 2 is 1.79 bits per heavy atom. The maximum Gasteiger partial charge on any atom is 0.269 e. The molecule has 140 valence electrons. The number of carbonyl (C=O) groups is 1. The highest BCUT2D eigenvalue weighted by Crippen LogP contribution is 2.25. The topological polar surface area (TPSA) is 154 Å². The highest BCUT2D eigenvalue weighted by Gasteiger charge is 2.35. The molecule has 1 aliphatic rings. The molecule has 9 heteroatoms. The highest BCUT2D eigenvalue weighted by molar-refractivity contribution is 5.80. The first kappa shape index (κ1) is 20.8. The van der Waals surface area contributed by atoms with Crippen LogP contribution in [0.5, 0.6) is 0 Å². The van der Waals surface area contributed by atoms with E-state index in [-0.39, 0.29) is 11.1 Å². The van der Waals surface area contributed by atoms with Crippen molar-refractivity contribution in [2.75, 3.05) is 6.61 Å². The third-order valence-corrected chi connectivity index (χ3v) is 3.70. The van der Waals surface area contributed by atoms with E-state index in [2.05, 4.69) is 16.2 Å². The van der Waals surface area contributed by atoms with Gasteiger partial charge in [0.05, 0.1) is 6.61 Å². The molecule has 0 aromatic rings. The van der Waals surface area contributed by atoms with Gasteiger partial charge in [-0.25, -0.2) is 0 Å². The van der Waals surface area contributed by atoms with Gasteiger partial charge in [0.25, 0.3) is 5.91 Å². The van der Waals surface area contributed by atoms with E-state index in [0.717, 1.165) is 5.70 Å². The zero-order chi connectivity index (χ0) is 18.7. The maximum absolute atomic E-state index is 11.9. The van der Waals surface area contributed by atoms with Crippen LogP contribution in [0.2, 0.25) is 0 Å². The molecule has 1 aliphatic heterocycles. The third kappa shape index (κ3) is 5.69. The minimum atomic E-state index is -1.97. The molecule has 4 atom stereocenters. The summed E-state index contributed by atoms with van der Waals surface area (Å²) < 4.78 is 0. The van der Waals surface area contributed by atoms with E-state index < -0.39 is 36.9 Å². The summed E-state index contributed by atoms with van der Waals surface area (Å²) in [5.41, 5.74) is 5.21. The van der Waals surface area contributed by atoms with Gasteiger partial charge >= 0.3 is 0 Å². The van der Waals surface area contributed by atoms with Crippen molar-refractivity contribution >= 4 is 5.91 Å². The Hall–Kier alpha value is -1.23. The van der Waals surface area contributed by atoms with Gasteiger partial charge in [0, 0.05) is 23.2 Å². The second-order valence-electron chi connectivity index (χ2n) is 7.37. The lowest BCUT2D eigenvalue weighted by atomic mass is 9.86. The summed E-state index contributed by atoms with van der Waals surface area (Å²) in [7, 11) is 0. The molecule has 0 saturated carbocycles. The summed E-state index contributed by atoms with van der Waals surface area (Å²) in [4.78, 5) is 11.9. The quantitative estimate of drug-likeness (QED) is 0.235. The maximum atomic E-state index is 11.9. The Labute approximate surface area is 141 Å².